The zero-order valence-electron chi connectivity index (χ0n) is 13.9. The quantitative estimate of drug-likeness (QED) is 0.794. The number of pyridine rings is 2. The lowest BCUT2D eigenvalue weighted by Crippen LogP contribution is -2.40. The van der Waals surface area contributed by atoms with E-state index in [2.05, 4.69) is 20.9 Å². The first-order valence-corrected chi connectivity index (χ1v) is 8.50. The molecule has 0 saturated carbocycles. The number of aromatic nitrogens is 4. The number of nitrogens with zero attached hydrogens (tertiary/aromatic N) is 5. The van der Waals surface area contributed by atoms with Crippen molar-refractivity contribution in [1.82, 2.24) is 19.9 Å². The maximum Gasteiger partial charge on any atom is 0.162 e. The molecule has 1 aliphatic heterocycles. The van der Waals surface area contributed by atoms with Gasteiger partial charge in [-0.25, -0.2) is 9.97 Å². The molecule has 6 nitrogen and oxygen atoms in total. The molecule has 0 amide bonds. The van der Waals surface area contributed by atoms with E-state index in [-0.39, 0.29) is 6.04 Å². The fourth-order valence-electron chi connectivity index (χ4n) is 3.03. The van der Waals surface area contributed by atoms with Crippen LogP contribution in [0.3, 0.4) is 0 Å². The van der Waals surface area contributed by atoms with Crippen LogP contribution < -0.4 is 10.6 Å². The maximum absolute atomic E-state index is 6.04. The van der Waals surface area contributed by atoms with Crippen LogP contribution in [0.4, 0.5) is 5.82 Å². The molecule has 3 aromatic heterocycles. The fourth-order valence-corrected chi connectivity index (χ4v) is 3.03. The summed E-state index contributed by atoms with van der Waals surface area (Å²) in [6.45, 7) is 1.84. The van der Waals surface area contributed by atoms with E-state index in [1.807, 2.05) is 24.3 Å². The molecule has 1 saturated heterocycles. The topological polar surface area (TPSA) is 80.8 Å². The van der Waals surface area contributed by atoms with Crippen molar-refractivity contribution in [3.05, 3.63) is 55.1 Å². The molecule has 126 valence electrons. The first kappa shape index (κ1) is 15.7. The van der Waals surface area contributed by atoms with Gasteiger partial charge in [0.25, 0.3) is 0 Å². The van der Waals surface area contributed by atoms with Crippen LogP contribution in [0.15, 0.2) is 55.1 Å². The zero-order valence-corrected chi connectivity index (χ0v) is 13.9. The minimum atomic E-state index is 0.289. The molecule has 0 bridgehead atoms. The summed E-state index contributed by atoms with van der Waals surface area (Å²) in [4.78, 5) is 20.0. The molecular formula is C19H20N6. The lowest BCUT2D eigenvalue weighted by molar-refractivity contribution is 0.498. The van der Waals surface area contributed by atoms with Crippen LogP contribution in [0.5, 0.6) is 0 Å². The van der Waals surface area contributed by atoms with Gasteiger partial charge in [-0.3, -0.25) is 9.97 Å². The van der Waals surface area contributed by atoms with Crippen molar-refractivity contribution in [2.24, 2.45) is 5.73 Å². The second kappa shape index (κ2) is 6.94. The SMILES string of the molecule is NC1CCN(c2cc(-c3ccncc3)nc(-c3ccncc3)n2)CC1. The van der Waals surface area contributed by atoms with Crippen LogP contribution in [-0.4, -0.2) is 39.1 Å². The summed E-state index contributed by atoms with van der Waals surface area (Å²) in [5.74, 6) is 1.65. The van der Waals surface area contributed by atoms with E-state index in [1.165, 1.54) is 0 Å². The third kappa shape index (κ3) is 3.49. The average Bonchev–Trinajstić information content (AvgIpc) is 2.69. The molecule has 0 unspecified atom stereocenters. The molecule has 3 aromatic rings. The van der Waals surface area contributed by atoms with Gasteiger partial charge in [-0.1, -0.05) is 0 Å². The number of nitrogens with two attached hydrogens (primary N) is 1. The number of hydrogen-bond donors (Lipinski definition) is 1. The van der Waals surface area contributed by atoms with Crippen LogP contribution in [0.25, 0.3) is 22.6 Å². The molecule has 1 aliphatic rings. The predicted molar refractivity (Wildman–Crippen MR) is 97.9 cm³/mol. The number of piperidine rings is 1. The Balaban J connectivity index is 1.78. The Morgan fingerprint density at radius 1 is 0.840 bits per heavy atom. The lowest BCUT2D eigenvalue weighted by atomic mass is 10.1. The lowest BCUT2D eigenvalue weighted by Gasteiger charge is -2.31. The minimum Gasteiger partial charge on any atom is -0.356 e. The normalized spacial score (nSPS) is 15.3. The van der Waals surface area contributed by atoms with E-state index < -0.39 is 0 Å². The Morgan fingerprint density at radius 3 is 2.08 bits per heavy atom. The molecule has 0 aliphatic carbocycles. The summed E-state index contributed by atoms with van der Waals surface area (Å²) in [7, 11) is 0. The van der Waals surface area contributed by atoms with Crippen molar-refractivity contribution in [3.63, 3.8) is 0 Å². The van der Waals surface area contributed by atoms with Crippen molar-refractivity contribution in [3.8, 4) is 22.6 Å². The highest BCUT2D eigenvalue weighted by Gasteiger charge is 2.19. The van der Waals surface area contributed by atoms with Crippen molar-refractivity contribution in [2.75, 3.05) is 18.0 Å². The summed E-state index contributed by atoms with van der Waals surface area (Å²) >= 11 is 0. The van der Waals surface area contributed by atoms with Gasteiger partial charge in [0.15, 0.2) is 5.82 Å². The van der Waals surface area contributed by atoms with Crippen LogP contribution >= 0.6 is 0 Å². The van der Waals surface area contributed by atoms with E-state index in [1.54, 1.807) is 24.8 Å². The van der Waals surface area contributed by atoms with Gasteiger partial charge in [0.1, 0.15) is 5.82 Å². The third-order valence-corrected chi connectivity index (χ3v) is 4.49. The zero-order chi connectivity index (χ0) is 17.1. The highest BCUT2D eigenvalue weighted by atomic mass is 15.2. The second-order valence-electron chi connectivity index (χ2n) is 6.23. The van der Waals surface area contributed by atoms with E-state index in [0.717, 1.165) is 48.6 Å². The molecular weight excluding hydrogens is 312 g/mol. The molecule has 0 radical (unpaired) electrons. The Morgan fingerprint density at radius 2 is 1.44 bits per heavy atom. The molecule has 1 fully saturated rings. The first-order valence-electron chi connectivity index (χ1n) is 8.50. The van der Waals surface area contributed by atoms with Crippen LogP contribution in [-0.2, 0) is 0 Å². The summed E-state index contributed by atoms with van der Waals surface area (Å²) in [6, 6.07) is 10.1. The van der Waals surface area contributed by atoms with Gasteiger partial charge in [-0.2, -0.15) is 0 Å². The standard InChI is InChI=1S/C19H20N6/c20-16-5-11-25(12-6-16)18-13-17(14-1-7-21-8-2-14)23-19(24-18)15-3-9-22-10-4-15/h1-4,7-10,13,16H,5-6,11-12,20H2. The van der Waals surface area contributed by atoms with Crippen LogP contribution in [0.2, 0.25) is 0 Å². The molecule has 0 aromatic carbocycles. The van der Waals surface area contributed by atoms with Crippen molar-refractivity contribution < 1.29 is 0 Å². The van der Waals surface area contributed by atoms with E-state index in [9.17, 15) is 0 Å². The Hall–Kier alpha value is -2.86. The van der Waals surface area contributed by atoms with Crippen molar-refractivity contribution in [1.29, 1.82) is 0 Å². The summed E-state index contributed by atoms with van der Waals surface area (Å²) in [6.07, 6.45) is 9.05. The second-order valence-corrected chi connectivity index (χ2v) is 6.23. The average molecular weight is 332 g/mol. The van der Waals surface area contributed by atoms with Gasteiger partial charge in [-0.05, 0) is 37.1 Å². The monoisotopic (exact) mass is 332 g/mol. The largest absolute Gasteiger partial charge is 0.356 e. The van der Waals surface area contributed by atoms with Crippen LogP contribution in [0, 0.1) is 0 Å². The molecule has 4 heterocycles. The van der Waals surface area contributed by atoms with Gasteiger partial charge in [0.2, 0.25) is 0 Å². The Bertz CT molecular complexity index is 771. The molecule has 0 atom stereocenters. The molecule has 2 N–H and O–H groups in total. The van der Waals surface area contributed by atoms with Gasteiger partial charge in [0, 0.05) is 61.1 Å². The third-order valence-electron chi connectivity index (χ3n) is 4.49. The fraction of sp³-hybridized carbons (Fsp3) is 0.263. The Kier molecular flexibility index (Phi) is 4.35. The van der Waals surface area contributed by atoms with Gasteiger partial charge < -0.3 is 10.6 Å². The van der Waals surface area contributed by atoms with E-state index >= 15 is 0 Å². The Labute approximate surface area is 146 Å². The van der Waals surface area contributed by atoms with Crippen LogP contribution in [0.1, 0.15) is 12.8 Å². The summed E-state index contributed by atoms with van der Waals surface area (Å²) in [5.41, 5.74) is 8.93. The van der Waals surface area contributed by atoms with Crippen molar-refractivity contribution >= 4 is 5.82 Å². The summed E-state index contributed by atoms with van der Waals surface area (Å²) in [5, 5.41) is 0. The molecule has 0 spiro atoms. The number of hydrogen-bond acceptors (Lipinski definition) is 6. The number of anilines is 1. The minimum absolute atomic E-state index is 0.289. The van der Waals surface area contributed by atoms with Gasteiger partial charge in [-0.15, -0.1) is 0 Å². The highest BCUT2D eigenvalue weighted by molar-refractivity contribution is 5.67. The summed E-state index contributed by atoms with van der Waals surface area (Å²) < 4.78 is 0. The number of rotatable bonds is 3. The van der Waals surface area contributed by atoms with Gasteiger partial charge >= 0.3 is 0 Å². The van der Waals surface area contributed by atoms with E-state index in [0.29, 0.717) is 5.82 Å². The van der Waals surface area contributed by atoms with Gasteiger partial charge in [0.05, 0.1) is 5.69 Å². The first-order chi connectivity index (χ1) is 12.3. The van der Waals surface area contributed by atoms with Crippen molar-refractivity contribution in [2.45, 2.75) is 18.9 Å². The smallest absolute Gasteiger partial charge is 0.162 e. The molecule has 4 rings (SSSR count). The predicted octanol–water partition coefficient (Wildman–Crippen LogP) is 2.53. The highest BCUT2D eigenvalue weighted by Crippen LogP contribution is 2.27. The molecule has 6 heteroatoms. The molecule has 25 heavy (non-hydrogen) atoms. The maximum atomic E-state index is 6.04. The van der Waals surface area contributed by atoms with E-state index in [4.69, 9.17) is 15.7 Å².